The molecule has 1 saturated heterocycles. The number of fused-ring (bicyclic) bond motifs is 1. The predicted molar refractivity (Wildman–Crippen MR) is 209 cm³/mol. The molecule has 56 heavy (non-hydrogen) atoms. The van der Waals surface area contributed by atoms with E-state index >= 15 is 0 Å². The highest BCUT2D eigenvalue weighted by molar-refractivity contribution is 5.78. The van der Waals surface area contributed by atoms with Crippen molar-refractivity contribution in [1.29, 1.82) is 0 Å². The Morgan fingerprint density at radius 2 is 1.30 bits per heavy atom. The van der Waals surface area contributed by atoms with Gasteiger partial charge in [0.05, 0.1) is 33.9 Å². The van der Waals surface area contributed by atoms with E-state index < -0.39 is 22.2 Å². The largest absolute Gasteiger partial charge is 0.458 e. The maximum absolute atomic E-state index is 12.5. The Hall–Kier alpha value is -2.20. The molecule has 0 amide bonds. The van der Waals surface area contributed by atoms with Crippen molar-refractivity contribution in [2.24, 2.45) is 64.1 Å². The second kappa shape index (κ2) is 14.5. The minimum Gasteiger partial charge on any atom is -0.458 e. The minimum absolute atomic E-state index is 0.0185. The van der Waals surface area contributed by atoms with E-state index in [0.717, 1.165) is 63.2 Å². The van der Waals surface area contributed by atoms with Gasteiger partial charge in [-0.2, -0.15) is 0 Å². The molecule has 0 aromatic heterocycles. The van der Waals surface area contributed by atoms with Crippen molar-refractivity contribution in [3.05, 3.63) is 0 Å². The molecule has 2 N–H and O–H groups in total. The van der Waals surface area contributed by atoms with Crippen LogP contribution in [0, 0.1) is 64.1 Å². The molecule has 10 nitrogen and oxygen atoms in total. The topological polar surface area (TPSA) is 146 Å². The van der Waals surface area contributed by atoms with Gasteiger partial charge >= 0.3 is 23.9 Å². The number of rotatable bonds is 9. The standard InChI is InChI=1S/C17H28O2.C16H26O4.C13H18O4/c1-5-16(2,3)15(18)19-17(4)13-7-11-6-12(9-13)10-14(17)8-11;1-4-13(2,3)12(17)20-16-7-11-5-14(18,9-16)8-15(19,6-11)10-16;1-3-6(2)12(14)16-10-7-4-8-9(5-7)13(15)17-11(8)10/h11-14H,5-10H2,1-4H3;11,18-19H,4-10H2,1-3H3;6-11H,3-5H2,1-2H3. The summed E-state index contributed by atoms with van der Waals surface area (Å²) in [5.74, 6) is 3.64. The number of hydrogen-bond acceptors (Lipinski definition) is 10. The van der Waals surface area contributed by atoms with Crippen LogP contribution in [0.3, 0.4) is 0 Å². The summed E-state index contributed by atoms with van der Waals surface area (Å²) >= 11 is 0. The van der Waals surface area contributed by atoms with Crippen LogP contribution in [-0.2, 0) is 38.1 Å². The van der Waals surface area contributed by atoms with Gasteiger partial charge in [-0.3, -0.25) is 19.2 Å². The summed E-state index contributed by atoms with van der Waals surface area (Å²) < 4.78 is 22.9. The lowest BCUT2D eigenvalue weighted by Gasteiger charge is -2.62. The SMILES string of the molecule is CCC(C)(C)C(=O)OC1(C)C2CC3CC(C2)CC1C3.CCC(C)(C)C(=O)OC12CC3CC(O)(CC(O)(C3)C1)C2.CCC(C)C(=O)OC1C2CC3C(=O)OC1C3C2. The van der Waals surface area contributed by atoms with Gasteiger partial charge in [0.15, 0.2) is 0 Å². The van der Waals surface area contributed by atoms with E-state index in [1.54, 1.807) is 0 Å². The van der Waals surface area contributed by atoms with Gasteiger partial charge in [-0.25, -0.2) is 0 Å². The highest BCUT2D eigenvalue weighted by Crippen LogP contribution is 2.62. The maximum Gasteiger partial charge on any atom is 0.312 e. The third-order valence-electron chi connectivity index (χ3n) is 16.9. The van der Waals surface area contributed by atoms with Crippen molar-refractivity contribution in [2.45, 2.75) is 200 Å². The fourth-order valence-corrected chi connectivity index (χ4v) is 13.1. The zero-order valence-electron chi connectivity index (χ0n) is 35.8. The Morgan fingerprint density at radius 3 is 1.80 bits per heavy atom. The summed E-state index contributed by atoms with van der Waals surface area (Å²) in [5, 5.41) is 21.3. The number of carbonyl (C=O) groups excluding carboxylic acids is 4. The molecular weight excluding hydrogens is 712 g/mol. The van der Waals surface area contributed by atoms with Gasteiger partial charge in [-0.1, -0.05) is 27.7 Å². The molecule has 316 valence electrons. The fraction of sp³-hybridized carbons (Fsp3) is 0.913. The van der Waals surface area contributed by atoms with Gasteiger partial charge in [0.1, 0.15) is 23.4 Å². The third kappa shape index (κ3) is 7.58. The second-order valence-corrected chi connectivity index (χ2v) is 22.0. The number of carbonyl (C=O) groups is 4. The van der Waals surface area contributed by atoms with Crippen LogP contribution in [0.25, 0.3) is 0 Å². The molecule has 1 aliphatic heterocycles. The molecule has 0 radical (unpaired) electrons. The molecule has 11 aliphatic rings. The van der Waals surface area contributed by atoms with E-state index in [2.05, 4.69) is 13.8 Å². The molecule has 8 unspecified atom stereocenters. The number of esters is 4. The van der Waals surface area contributed by atoms with E-state index in [0.29, 0.717) is 42.9 Å². The van der Waals surface area contributed by atoms with Crippen molar-refractivity contribution in [2.75, 3.05) is 0 Å². The van der Waals surface area contributed by atoms with E-state index in [9.17, 15) is 29.4 Å². The second-order valence-electron chi connectivity index (χ2n) is 22.0. The van der Waals surface area contributed by atoms with Gasteiger partial charge in [0.2, 0.25) is 0 Å². The minimum atomic E-state index is -0.842. The third-order valence-corrected chi connectivity index (χ3v) is 16.9. The fourth-order valence-electron chi connectivity index (χ4n) is 13.1. The summed E-state index contributed by atoms with van der Waals surface area (Å²) in [5.41, 5.74) is -3.34. The van der Waals surface area contributed by atoms with Crippen LogP contribution in [0.2, 0.25) is 0 Å². The molecule has 11 rings (SSSR count). The van der Waals surface area contributed by atoms with Gasteiger partial charge in [0, 0.05) is 31.1 Å². The molecule has 0 aromatic carbocycles. The van der Waals surface area contributed by atoms with Crippen molar-refractivity contribution >= 4 is 23.9 Å². The lowest BCUT2D eigenvalue weighted by molar-refractivity contribution is -0.264. The molecule has 0 aromatic rings. The van der Waals surface area contributed by atoms with Crippen molar-refractivity contribution < 1.29 is 48.3 Å². The van der Waals surface area contributed by atoms with Crippen molar-refractivity contribution in [3.63, 3.8) is 0 Å². The Bertz CT molecular complexity index is 1500. The van der Waals surface area contributed by atoms with Crippen LogP contribution in [0.15, 0.2) is 0 Å². The molecular formula is C46H72O10. The summed E-state index contributed by atoms with van der Waals surface area (Å²) in [6.45, 7) is 17.9. The zero-order valence-corrected chi connectivity index (χ0v) is 35.8. The first-order chi connectivity index (χ1) is 26.1. The maximum atomic E-state index is 12.5. The lowest BCUT2D eigenvalue weighted by atomic mass is 9.50. The van der Waals surface area contributed by atoms with Crippen LogP contribution in [0.4, 0.5) is 0 Å². The monoisotopic (exact) mass is 785 g/mol. The van der Waals surface area contributed by atoms with Gasteiger partial charge in [-0.05, 0) is 148 Å². The van der Waals surface area contributed by atoms with Gasteiger partial charge < -0.3 is 29.2 Å². The highest BCUT2D eigenvalue weighted by Gasteiger charge is 2.65. The molecule has 10 heteroatoms. The number of aliphatic hydroxyl groups is 2. The van der Waals surface area contributed by atoms with E-state index in [1.807, 2.05) is 48.5 Å². The summed E-state index contributed by atoms with van der Waals surface area (Å²) in [4.78, 5) is 48.2. The summed E-state index contributed by atoms with van der Waals surface area (Å²) in [6, 6.07) is 0. The van der Waals surface area contributed by atoms with Crippen LogP contribution in [-0.4, -0.2) is 68.7 Å². The van der Waals surface area contributed by atoms with Crippen molar-refractivity contribution in [1.82, 2.24) is 0 Å². The molecule has 8 atom stereocenters. The molecule has 11 fully saturated rings. The molecule has 10 saturated carbocycles. The van der Waals surface area contributed by atoms with Crippen LogP contribution in [0.1, 0.15) is 165 Å². The van der Waals surface area contributed by atoms with Crippen molar-refractivity contribution in [3.8, 4) is 0 Å². The highest BCUT2D eigenvalue weighted by atomic mass is 16.6. The first-order valence-electron chi connectivity index (χ1n) is 22.4. The smallest absolute Gasteiger partial charge is 0.312 e. The molecule has 0 spiro atoms. The Morgan fingerprint density at radius 1 is 0.768 bits per heavy atom. The quantitative estimate of drug-likeness (QED) is 0.175. The Kier molecular flexibility index (Phi) is 10.9. The van der Waals surface area contributed by atoms with Crippen LogP contribution >= 0.6 is 0 Å². The average molecular weight is 785 g/mol. The normalized spacial score (nSPS) is 44.9. The first-order valence-corrected chi connectivity index (χ1v) is 22.4. The molecule has 10 aliphatic carbocycles. The van der Waals surface area contributed by atoms with E-state index in [-0.39, 0.29) is 64.9 Å². The van der Waals surface area contributed by atoms with Gasteiger partial charge in [-0.15, -0.1) is 0 Å². The summed E-state index contributed by atoms with van der Waals surface area (Å²) in [6.07, 6.45) is 14.2. The number of hydrogen-bond donors (Lipinski definition) is 2. The Labute approximate surface area is 335 Å². The molecule has 1 heterocycles. The Balaban J connectivity index is 0.000000129. The first kappa shape index (κ1) is 41.9. The zero-order chi connectivity index (χ0) is 40.8. The lowest BCUT2D eigenvalue weighted by Crippen LogP contribution is -2.67. The van der Waals surface area contributed by atoms with Crippen LogP contribution < -0.4 is 0 Å². The van der Waals surface area contributed by atoms with E-state index in [1.165, 1.54) is 32.1 Å². The van der Waals surface area contributed by atoms with Gasteiger partial charge in [0.25, 0.3) is 0 Å². The van der Waals surface area contributed by atoms with Crippen LogP contribution in [0.5, 0.6) is 0 Å². The summed E-state index contributed by atoms with van der Waals surface area (Å²) in [7, 11) is 0. The number of ether oxygens (including phenoxy) is 4. The molecule has 10 bridgehead atoms. The van der Waals surface area contributed by atoms with E-state index in [4.69, 9.17) is 18.9 Å². The average Bonchev–Trinajstić information content (AvgIpc) is 3.74. The predicted octanol–water partition coefficient (Wildman–Crippen LogP) is 7.87.